The minimum absolute atomic E-state index is 0. The van der Waals surface area contributed by atoms with Gasteiger partial charge in [0.05, 0.1) is 0 Å². The monoisotopic (exact) mass is 312 g/mol. The SMILES string of the molecule is ClN(Cl)Cl.[Ir]. The van der Waals surface area contributed by atoms with Gasteiger partial charge in [-0.1, -0.05) is 0 Å². The van der Waals surface area contributed by atoms with Crippen LogP contribution in [0.15, 0.2) is 0 Å². The van der Waals surface area contributed by atoms with Crippen LogP contribution in [0.3, 0.4) is 0 Å². The Hall–Kier alpha value is 1.48. The molecule has 0 saturated heterocycles. The summed E-state index contributed by atoms with van der Waals surface area (Å²) in [5, 5.41) is 0. The third-order valence-corrected chi connectivity index (χ3v) is 0. The van der Waals surface area contributed by atoms with Crippen LogP contribution in [0.25, 0.3) is 0 Å². The van der Waals surface area contributed by atoms with Crippen molar-refractivity contribution in [3.8, 4) is 0 Å². The maximum Gasteiger partial charge on any atom is 0.0127 e. The van der Waals surface area contributed by atoms with Gasteiger partial charge in [0, 0.05) is 55.4 Å². The Bertz CT molecular complexity index is 11.6. The van der Waals surface area contributed by atoms with Crippen LogP contribution >= 0.6 is 35.3 Å². The summed E-state index contributed by atoms with van der Waals surface area (Å²) in [5.41, 5.74) is 0. The quantitative estimate of drug-likeness (QED) is 0.616. The molecule has 0 aromatic carbocycles. The molecule has 0 atom stereocenters. The molecule has 0 amide bonds. The molecule has 0 spiro atoms. The zero-order chi connectivity index (χ0) is 3.58. The second kappa shape index (κ2) is 5.48. The largest absolute Gasteiger partial charge is 0.0380 e. The third-order valence-electron chi connectivity index (χ3n) is 0. The smallest absolute Gasteiger partial charge is 0.0127 e. The van der Waals surface area contributed by atoms with E-state index in [9.17, 15) is 0 Å². The van der Waals surface area contributed by atoms with Gasteiger partial charge in [0.1, 0.15) is 0 Å². The predicted molar refractivity (Wildman–Crippen MR) is 19.4 cm³/mol. The molecule has 1 radical (unpaired) electrons. The summed E-state index contributed by atoms with van der Waals surface area (Å²) in [6.07, 6.45) is 0. The Morgan fingerprint density at radius 3 is 1.00 bits per heavy atom. The number of hydrogen-bond donors (Lipinski definition) is 0. The molecule has 0 rings (SSSR count). The molecular weight excluding hydrogens is 313 g/mol. The van der Waals surface area contributed by atoms with Crippen molar-refractivity contribution in [2.45, 2.75) is 0 Å². The van der Waals surface area contributed by atoms with Gasteiger partial charge in [-0.2, -0.15) is 0 Å². The topological polar surface area (TPSA) is 3.24 Å². The van der Waals surface area contributed by atoms with E-state index in [-0.39, 0.29) is 20.1 Å². The summed E-state index contributed by atoms with van der Waals surface area (Å²) in [6, 6.07) is 0. The van der Waals surface area contributed by atoms with E-state index in [0.717, 1.165) is 0 Å². The van der Waals surface area contributed by atoms with Crippen molar-refractivity contribution in [3.63, 3.8) is 0 Å². The van der Waals surface area contributed by atoms with Gasteiger partial charge in [-0.05, 0) is 3.46 Å². The molecule has 0 heterocycles. The number of nitrogens with zero attached hydrogens (tertiary/aromatic N) is 1. The Labute approximate surface area is 58.9 Å². The van der Waals surface area contributed by atoms with Crippen molar-refractivity contribution < 1.29 is 20.1 Å². The Morgan fingerprint density at radius 1 is 1.00 bits per heavy atom. The van der Waals surface area contributed by atoms with Crippen LogP contribution in [-0.4, -0.2) is 3.46 Å². The summed E-state index contributed by atoms with van der Waals surface area (Å²) < 4.78 is 0.417. The van der Waals surface area contributed by atoms with Crippen molar-refractivity contribution >= 4 is 35.3 Å². The van der Waals surface area contributed by atoms with Crippen molar-refractivity contribution in [3.05, 3.63) is 0 Å². The minimum Gasteiger partial charge on any atom is -0.0380 e. The van der Waals surface area contributed by atoms with Gasteiger partial charge >= 0.3 is 0 Å². The second-order valence-corrected chi connectivity index (χ2v) is 1.72. The summed E-state index contributed by atoms with van der Waals surface area (Å²) >= 11 is 13.9. The Morgan fingerprint density at radius 2 is 1.00 bits per heavy atom. The van der Waals surface area contributed by atoms with Crippen LogP contribution in [0, 0.1) is 0 Å². The molecule has 0 unspecified atom stereocenters. The maximum absolute atomic E-state index is 4.64. The third kappa shape index (κ3) is 30.3. The number of halogens is 3. The van der Waals surface area contributed by atoms with Gasteiger partial charge in [0.2, 0.25) is 0 Å². The fourth-order valence-electron chi connectivity index (χ4n) is 0. The van der Waals surface area contributed by atoms with Crippen LogP contribution in [0.1, 0.15) is 0 Å². The molecule has 1 nitrogen and oxygen atoms in total. The summed E-state index contributed by atoms with van der Waals surface area (Å²) in [5.74, 6) is 0. The first-order valence-electron chi connectivity index (χ1n) is 0.507. The van der Waals surface area contributed by atoms with Crippen molar-refractivity contribution in [2.75, 3.05) is 0 Å². The normalized spacial score (nSPS) is 7.20. The molecule has 35 valence electrons. The van der Waals surface area contributed by atoms with E-state index in [2.05, 4.69) is 35.3 Å². The average Bonchev–Trinajstić information content (AvgIpc) is 0.811. The molecule has 5 heavy (non-hydrogen) atoms. The molecule has 0 aromatic heterocycles. The second-order valence-electron chi connectivity index (χ2n) is 0.192. The van der Waals surface area contributed by atoms with Crippen LogP contribution in [0.5, 0.6) is 0 Å². The molecule has 0 bridgehead atoms. The van der Waals surface area contributed by atoms with Crippen molar-refractivity contribution in [1.82, 2.24) is 3.46 Å². The molecule has 0 aromatic rings. The first kappa shape index (κ1) is 9.70. The van der Waals surface area contributed by atoms with Crippen LogP contribution in [-0.2, 0) is 20.1 Å². The van der Waals surface area contributed by atoms with Gasteiger partial charge in [-0.15, -0.1) is 0 Å². The number of rotatable bonds is 0. The fourth-order valence-corrected chi connectivity index (χ4v) is 0. The van der Waals surface area contributed by atoms with Gasteiger partial charge in [0.15, 0.2) is 0 Å². The van der Waals surface area contributed by atoms with Gasteiger partial charge in [-0.25, -0.2) is 0 Å². The first-order chi connectivity index (χ1) is 1.73. The summed E-state index contributed by atoms with van der Waals surface area (Å²) in [6.45, 7) is 0. The van der Waals surface area contributed by atoms with Crippen LogP contribution in [0.2, 0.25) is 0 Å². The van der Waals surface area contributed by atoms with Crippen molar-refractivity contribution in [1.29, 1.82) is 0 Å². The zero-order valence-corrected chi connectivity index (χ0v) is 6.58. The van der Waals surface area contributed by atoms with Gasteiger partial charge in [-0.3, -0.25) is 0 Å². The molecule has 0 fully saturated rings. The molecule has 0 aliphatic heterocycles. The van der Waals surface area contributed by atoms with E-state index in [1.54, 1.807) is 0 Å². The van der Waals surface area contributed by atoms with E-state index in [1.165, 1.54) is 0 Å². The molecule has 5 heteroatoms. The predicted octanol–water partition coefficient (Wildman–Crippen LogP) is 1.75. The Balaban J connectivity index is 0. The maximum atomic E-state index is 4.64. The summed E-state index contributed by atoms with van der Waals surface area (Å²) in [7, 11) is 0. The van der Waals surface area contributed by atoms with E-state index < -0.39 is 0 Å². The first-order valence-corrected chi connectivity index (χ1v) is 1.52. The minimum atomic E-state index is 0. The van der Waals surface area contributed by atoms with Crippen molar-refractivity contribution in [2.24, 2.45) is 0 Å². The average molecular weight is 313 g/mol. The van der Waals surface area contributed by atoms with Crippen LogP contribution < -0.4 is 0 Å². The van der Waals surface area contributed by atoms with E-state index in [4.69, 9.17) is 0 Å². The zero-order valence-electron chi connectivity index (χ0n) is 1.91. The molecule has 0 aliphatic carbocycles. The Kier molecular flexibility index (Phi) is 10.6. The van der Waals surface area contributed by atoms with Gasteiger partial charge in [0.25, 0.3) is 0 Å². The fraction of sp³-hybridized carbons (Fsp3) is 0. The van der Waals surface area contributed by atoms with E-state index in [0.29, 0.717) is 3.46 Å². The van der Waals surface area contributed by atoms with Gasteiger partial charge < -0.3 is 0 Å². The molecule has 0 aliphatic rings. The standard InChI is InChI=1S/Cl3N.Ir/c1-4(2)3;. The molecular formula is Cl3IrN. The number of hydrogen-bond acceptors (Lipinski definition) is 1. The van der Waals surface area contributed by atoms with E-state index in [1.807, 2.05) is 0 Å². The molecule has 0 saturated carbocycles. The van der Waals surface area contributed by atoms with Crippen LogP contribution in [0.4, 0.5) is 0 Å². The molecule has 0 N–H and O–H groups in total. The van der Waals surface area contributed by atoms with E-state index >= 15 is 0 Å². The summed E-state index contributed by atoms with van der Waals surface area (Å²) in [4.78, 5) is 0.